The summed E-state index contributed by atoms with van der Waals surface area (Å²) in [4.78, 5) is 0. The van der Waals surface area contributed by atoms with Crippen molar-refractivity contribution in [3.05, 3.63) is 29.8 Å². The molecular weight excluding hydrogens is 228 g/mol. The molecule has 0 aliphatic carbocycles. The van der Waals surface area contributed by atoms with Gasteiger partial charge in [-0.3, -0.25) is 0 Å². The van der Waals surface area contributed by atoms with Crippen molar-refractivity contribution < 1.29 is 20.9 Å². The van der Waals surface area contributed by atoms with Gasteiger partial charge in [-0.2, -0.15) is 0 Å². The van der Waals surface area contributed by atoms with E-state index in [2.05, 4.69) is 30.5 Å². The van der Waals surface area contributed by atoms with Crippen LogP contribution in [-0.4, -0.2) is 25.8 Å². The third-order valence-corrected chi connectivity index (χ3v) is 4.32. The largest absolute Gasteiger partial charge is 0.497 e. The molecule has 6 N–H and O–H groups in total. The number of rotatable bonds is 3. The number of benzene rings is 1. The van der Waals surface area contributed by atoms with E-state index < -0.39 is 0 Å². The SMILES string of the molecule is COc1ccc(C2(C)OCCCC2([NH3+])C[NH3+])cc1. The molecule has 1 aliphatic heterocycles. The molecule has 0 aromatic heterocycles. The molecule has 0 saturated carbocycles. The molecule has 4 nitrogen and oxygen atoms in total. The fraction of sp³-hybridized carbons (Fsp3) is 0.571. The summed E-state index contributed by atoms with van der Waals surface area (Å²) in [5.41, 5.74) is 9.11. The quantitative estimate of drug-likeness (QED) is 0.791. The van der Waals surface area contributed by atoms with Crippen LogP contribution < -0.4 is 16.2 Å². The van der Waals surface area contributed by atoms with Gasteiger partial charge in [0.2, 0.25) is 0 Å². The lowest BCUT2D eigenvalue weighted by Crippen LogP contribution is -2.89. The topological polar surface area (TPSA) is 73.7 Å². The number of quaternary nitrogens is 2. The van der Waals surface area contributed by atoms with Crippen molar-refractivity contribution >= 4 is 0 Å². The minimum Gasteiger partial charge on any atom is -0.497 e. The van der Waals surface area contributed by atoms with Crippen LogP contribution in [0.5, 0.6) is 5.75 Å². The first kappa shape index (κ1) is 13.3. The first-order valence-corrected chi connectivity index (χ1v) is 6.49. The summed E-state index contributed by atoms with van der Waals surface area (Å²) in [7, 11) is 1.68. The predicted octanol–water partition coefficient (Wildman–Crippen LogP) is -0.0566. The highest BCUT2D eigenvalue weighted by atomic mass is 16.5. The standard InChI is InChI=1S/C14H22N2O2/c1-13(11-4-6-12(17-2)7-5-11)14(16,10-15)8-3-9-18-13/h4-7H,3,8-10,15-16H2,1-2H3/p+2. The molecule has 0 amide bonds. The summed E-state index contributed by atoms with van der Waals surface area (Å²) in [6.45, 7) is 3.70. The van der Waals surface area contributed by atoms with E-state index in [-0.39, 0.29) is 11.1 Å². The molecule has 1 fully saturated rings. The lowest BCUT2D eigenvalue weighted by molar-refractivity contribution is -0.578. The van der Waals surface area contributed by atoms with Gasteiger partial charge in [0.05, 0.1) is 7.11 Å². The second kappa shape index (κ2) is 4.88. The highest BCUT2D eigenvalue weighted by molar-refractivity contribution is 5.33. The van der Waals surface area contributed by atoms with Crippen LogP contribution in [0.15, 0.2) is 24.3 Å². The maximum absolute atomic E-state index is 6.09. The van der Waals surface area contributed by atoms with E-state index in [0.717, 1.165) is 37.3 Å². The first-order chi connectivity index (χ1) is 8.55. The second-order valence-electron chi connectivity index (χ2n) is 5.24. The summed E-state index contributed by atoms with van der Waals surface area (Å²) >= 11 is 0. The van der Waals surface area contributed by atoms with Gasteiger partial charge < -0.3 is 20.9 Å². The smallest absolute Gasteiger partial charge is 0.177 e. The minimum atomic E-state index is -0.362. The molecule has 1 saturated heterocycles. The lowest BCUT2D eigenvalue weighted by Gasteiger charge is -2.44. The average Bonchev–Trinajstić information content (AvgIpc) is 2.42. The van der Waals surface area contributed by atoms with Crippen LogP contribution in [0.1, 0.15) is 25.3 Å². The van der Waals surface area contributed by atoms with Gasteiger partial charge in [-0.25, -0.2) is 0 Å². The number of ether oxygens (including phenoxy) is 2. The predicted molar refractivity (Wildman–Crippen MR) is 68.9 cm³/mol. The third-order valence-electron chi connectivity index (χ3n) is 4.32. The van der Waals surface area contributed by atoms with E-state index in [9.17, 15) is 0 Å². The Labute approximate surface area is 108 Å². The zero-order chi connectivity index (χ0) is 13.2. The van der Waals surface area contributed by atoms with Crippen LogP contribution in [-0.2, 0) is 10.3 Å². The van der Waals surface area contributed by atoms with E-state index in [0.29, 0.717) is 0 Å². The maximum atomic E-state index is 6.09. The summed E-state index contributed by atoms with van der Waals surface area (Å²) in [6.07, 6.45) is 2.11. The van der Waals surface area contributed by atoms with Crippen molar-refractivity contribution in [3.63, 3.8) is 0 Å². The Morgan fingerprint density at radius 2 is 2.00 bits per heavy atom. The Morgan fingerprint density at radius 3 is 2.56 bits per heavy atom. The fourth-order valence-electron chi connectivity index (χ4n) is 2.74. The Bertz CT molecular complexity index is 407. The molecule has 2 rings (SSSR count). The maximum Gasteiger partial charge on any atom is 0.177 e. The Hall–Kier alpha value is -1.10. The van der Waals surface area contributed by atoms with Gasteiger partial charge in [0, 0.05) is 13.0 Å². The fourth-order valence-corrected chi connectivity index (χ4v) is 2.74. The molecule has 18 heavy (non-hydrogen) atoms. The van der Waals surface area contributed by atoms with Crippen molar-refractivity contribution in [1.29, 1.82) is 0 Å². The van der Waals surface area contributed by atoms with E-state index in [4.69, 9.17) is 9.47 Å². The third kappa shape index (κ3) is 2.00. The lowest BCUT2D eigenvalue weighted by atomic mass is 9.72. The first-order valence-electron chi connectivity index (χ1n) is 6.49. The van der Waals surface area contributed by atoms with Gasteiger partial charge in [-0.05, 0) is 31.0 Å². The van der Waals surface area contributed by atoms with Gasteiger partial charge in [0.25, 0.3) is 0 Å². The van der Waals surface area contributed by atoms with Crippen molar-refractivity contribution in [3.8, 4) is 5.75 Å². The monoisotopic (exact) mass is 252 g/mol. The van der Waals surface area contributed by atoms with Gasteiger partial charge in [0.15, 0.2) is 5.54 Å². The van der Waals surface area contributed by atoms with E-state index in [1.807, 2.05) is 12.1 Å². The van der Waals surface area contributed by atoms with Gasteiger partial charge in [-0.1, -0.05) is 12.1 Å². The molecule has 1 aliphatic rings. The van der Waals surface area contributed by atoms with Gasteiger partial charge in [0.1, 0.15) is 17.9 Å². The van der Waals surface area contributed by atoms with Crippen molar-refractivity contribution in [1.82, 2.24) is 0 Å². The van der Waals surface area contributed by atoms with Crippen LogP contribution in [0.25, 0.3) is 0 Å². The normalized spacial score (nSPS) is 32.2. The summed E-state index contributed by atoms with van der Waals surface area (Å²) in [5.74, 6) is 0.863. The van der Waals surface area contributed by atoms with Crippen LogP contribution in [0, 0.1) is 0 Å². The van der Waals surface area contributed by atoms with Gasteiger partial charge >= 0.3 is 0 Å². The minimum absolute atomic E-state index is 0.153. The summed E-state index contributed by atoms with van der Waals surface area (Å²) < 4.78 is 11.3. The van der Waals surface area contributed by atoms with E-state index >= 15 is 0 Å². The molecule has 0 spiro atoms. The summed E-state index contributed by atoms with van der Waals surface area (Å²) in [6, 6.07) is 8.09. The molecule has 1 aromatic carbocycles. The zero-order valence-corrected chi connectivity index (χ0v) is 11.4. The van der Waals surface area contributed by atoms with Crippen molar-refractivity contribution in [2.45, 2.75) is 30.9 Å². The van der Waals surface area contributed by atoms with E-state index in [1.165, 1.54) is 0 Å². The molecular formula is C14H24N2O2+2. The number of hydrogen-bond donors (Lipinski definition) is 2. The Morgan fingerprint density at radius 1 is 1.33 bits per heavy atom. The molecule has 1 aromatic rings. The zero-order valence-electron chi connectivity index (χ0n) is 11.4. The van der Waals surface area contributed by atoms with Crippen molar-refractivity contribution in [2.75, 3.05) is 20.3 Å². The number of hydrogen-bond acceptors (Lipinski definition) is 2. The molecule has 4 heteroatoms. The van der Waals surface area contributed by atoms with Crippen LogP contribution in [0.3, 0.4) is 0 Å². The van der Waals surface area contributed by atoms with Gasteiger partial charge in [-0.15, -0.1) is 0 Å². The molecule has 0 radical (unpaired) electrons. The molecule has 100 valence electrons. The highest BCUT2D eigenvalue weighted by Crippen LogP contribution is 2.39. The molecule has 0 bridgehead atoms. The van der Waals surface area contributed by atoms with Crippen LogP contribution >= 0.6 is 0 Å². The molecule has 1 heterocycles. The highest BCUT2D eigenvalue weighted by Gasteiger charge is 2.54. The number of methoxy groups -OCH3 is 1. The second-order valence-corrected chi connectivity index (χ2v) is 5.24. The molecule has 2 atom stereocenters. The van der Waals surface area contributed by atoms with Crippen molar-refractivity contribution in [2.24, 2.45) is 0 Å². The Balaban J connectivity index is 2.37. The van der Waals surface area contributed by atoms with E-state index in [1.54, 1.807) is 7.11 Å². The molecule has 2 unspecified atom stereocenters. The average molecular weight is 252 g/mol. The Kier molecular flexibility index (Phi) is 3.61. The van der Waals surface area contributed by atoms with Crippen LogP contribution in [0.2, 0.25) is 0 Å². The summed E-state index contributed by atoms with van der Waals surface area (Å²) in [5, 5.41) is 0. The van der Waals surface area contributed by atoms with Crippen LogP contribution in [0.4, 0.5) is 0 Å².